The second kappa shape index (κ2) is 2.35. The summed E-state index contributed by atoms with van der Waals surface area (Å²) in [5.74, 6) is -0.0394. The van der Waals surface area contributed by atoms with Crippen LogP contribution in [0.15, 0.2) is 26.1 Å². The predicted molar refractivity (Wildman–Crippen MR) is 40.4 cm³/mol. The van der Waals surface area contributed by atoms with Crippen LogP contribution in [-0.4, -0.2) is 10.1 Å². The van der Waals surface area contributed by atoms with E-state index in [9.17, 15) is 4.79 Å². The second-order valence-corrected chi connectivity index (χ2v) is 2.74. The Hall–Kier alpha value is -1.36. The van der Waals surface area contributed by atoms with Crippen molar-refractivity contribution in [1.29, 1.82) is 0 Å². The van der Waals surface area contributed by atoms with Crippen LogP contribution in [0.2, 0.25) is 0 Å². The molecule has 11 heavy (non-hydrogen) atoms. The van der Waals surface area contributed by atoms with Crippen LogP contribution in [0.5, 0.6) is 0 Å². The Labute approximate surface area is 65.5 Å². The maximum Gasteiger partial charge on any atom is 0.439 e. The minimum atomic E-state index is -0.522. The molecule has 56 valence electrons. The Morgan fingerprint density at radius 2 is 2.55 bits per heavy atom. The average molecular weight is 168 g/mol. The van der Waals surface area contributed by atoms with E-state index in [1.165, 1.54) is 11.3 Å². The number of aromatic amines is 1. The first kappa shape index (κ1) is 6.36. The normalized spacial score (nSPS) is 10.2. The summed E-state index contributed by atoms with van der Waals surface area (Å²) in [6.07, 6.45) is 0. The van der Waals surface area contributed by atoms with E-state index in [0.29, 0.717) is 5.82 Å². The van der Waals surface area contributed by atoms with Crippen LogP contribution < -0.4 is 5.76 Å². The number of nitrogens with zero attached hydrogens (tertiary/aromatic N) is 1. The molecule has 1 N–H and O–H groups in total. The fourth-order valence-corrected chi connectivity index (χ4v) is 1.39. The largest absolute Gasteiger partial charge is 0.439 e. The molecular formula is C6H4N2O2S. The SMILES string of the molecule is O=c1[nH]c(-c2ccsc2)no1. The number of H-pyrrole nitrogens is 1. The number of nitrogens with one attached hydrogen (secondary N) is 1. The summed E-state index contributed by atoms with van der Waals surface area (Å²) < 4.78 is 4.33. The zero-order chi connectivity index (χ0) is 7.68. The third-order valence-electron chi connectivity index (χ3n) is 1.23. The van der Waals surface area contributed by atoms with Crippen molar-refractivity contribution >= 4 is 11.3 Å². The highest BCUT2D eigenvalue weighted by Gasteiger charge is 2.02. The zero-order valence-corrected chi connectivity index (χ0v) is 6.22. The Bertz CT molecular complexity index is 387. The van der Waals surface area contributed by atoms with Gasteiger partial charge in [0.05, 0.1) is 0 Å². The molecule has 0 aliphatic rings. The van der Waals surface area contributed by atoms with Gasteiger partial charge in [-0.2, -0.15) is 11.3 Å². The van der Waals surface area contributed by atoms with Crippen molar-refractivity contribution in [1.82, 2.24) is 10.1 Å². The van der Waals surface area contributed by atoms with E-state index < -0.39 is 5.76 Å². The average Bonchev–Trinajstić information content (AvgIpc) is 2.55. The number of rotatable bonds is 1. The van der Waals surface area contributed by atoms with Crippen molar-refractivity contribution in [3.05, 3.63) is 27.4 Å². The van der Waals surface area contributed by atoms with Crippen molar-refractivity contribution in [3.8, 4) is 11.4 Å². The Balaban J connectivity index is 2.53. The summed E-state index contributed by atoms with van der Waals surface area (Å²) in [4.78, 5) is 13.0. The number of hydrogen-bond donors (Lipinski definition) is 1. The molecule has 2 aromatic rings. The molecule has 0 aliphatic heterocycles. The summed E-state index contributed by atoms with van der Waals surface area (Å²) in [7, 11) is 0. The number of hydrogen-bond acceptors (Lipinski definition) is 4. The van der Waals surface area contributed by atoms with Gasteiger partial charge < -0.3 is 0 Å². The lowest BCUT2D eigenvalue weighted by Gasteiger charge is -1.81. The Morgan fingerprint density at radius 3 is 3.09 bits per heavy atom. The summed E-state index contributed by atoms with van der Waals surface area (Å²) in [5.41, 5.74) is 0.876. The van der Waals surface area contributed by atoms with Crippen molar-refractivity contribution in [2.24, 2.45) is 0 Å². The van der Waals surface area contributed by atoms with E-state index in [-0.39, 0.29) is 0 Å². The third-order valence-corrected chi connectivity index (χ3v) is 1.92. The summed E-state index contributed by atoms with van der Waals surface area (Å²) in [5, 5.41) is 7.31. The minimum absolute atomic E-state index is 0.483. The smallest absolute Gasteiger partial charge is 0.296 e. The molecule has 5 heteroatoms. The highest BCUT2D eigenvalue weighted by Crippen LogP contribution is 2.15. The van der Waals surface area contributed by atoms with Gasteiger partial charge in [-0.25, -0.2) is 4.79 Å². The number of aromatic nitrogens is 2. The quantitative estimate of drug-likeness (QED) is 0.693. The summed E-state index contributed by atoms with van der Waals surface area (Å²) in [6, 6.07) is 1.86. The molecule has 0 aliphatic carbocycles. The van der Waals surface area contributed by atoms with E-state index in [0.717, 1.165) is 5.56 Å². The Kier molecular flexibility index (Phi) is 1.36. The number of thiophene rings is 1. The third kappa shape index (κ3) is 1.10. The van der Waals surface area contributed by atoms with Crippen LogP contribution in [-0.2, 0) is 0 Å². The molecule has 0 saturated carbocycles. The fraction of sp³-hybridized carbons (Fsp3) is 0. The first-order chi connectivity index (χ1) is 5.36. The van der Waals surface area contributed by atoms with Gasteiger partial charge >= 0.3 is 5.76 Å². The van der Waals surface area contributed by atoms with Gasteiger partial charge in [0.15, 0.2) is 5.82 Å². The topological polar surface area (TPSA) is 58.9 Å². The first-order valence-corrected chi connectivity index (χ1v) is 3.89. The molecule has 2 heterocycles. The lowest BCUT2D eigenvalue weighted by molar-refractivity contribution is 0.388. The maximum absolute atomic E-state index is 10.5. The molecule has 0 spiro atoms. The molecule has 2 rings (SSSR count). The molecule has 2 aromatic heterocycles. The van der Waals surface area contributed by atoms with E-state index in [4.69, 9.17) is 0 Å². The van der Waals surface area contributed by atoms with Gasteiger partial charge in [0.1, 0.15) is 0 Å². The van der Waals surface area contributed by atoms with Crippen LogP contribution >= 0.6 is 11.3 Å². The standard InChI is InChI=1S/C6H4N2O2S/c9-6-7-5(8-10-6)4-1-2-11-3-4/h1-3H,(H,7,8,9). The molecule has 0 fully saturated rings. The Morgan fingerprint density at radius 1 is 1.64 bits per heavy atom. The van der Waals surface area contributed by atoms with Gasteiger partial charge in [0, 0.05) is 10.9 Å². The monoisotopic (exact) mass is 168 g/mol. The van der Waals surface area contributed by atoms with Gasteiger partial charge in [0.25, 0.3) is 0 Å². The maximum atomic E-state index is 10.5. The molecular weight excluding hydrogens is 164 g/mol. The van der Waals surface area contributed by atoms with Gasteiger partial charge in [-0.05, 0) is 11.4 Å². The van der Waals surface area contributed by atoms with Crippen molar-refractivity contribution in [2.45, 2.75) is 0 Å². The molecule has 0 bridgehead atoms. The molecule has 0 saturated heterocycles. The summed E-state index contributed by atoms with van der Waals surface area (Å²) in [6.45, 7) is 0. The molecule has 0 atom stereocenters. The van der Waals surface area contributed by atoms with E-state index in [2.05, 4.69) is 14.7 Å². The van der Waals surface area contributed by atoms with Crippen molar-refractivity contribution in [2.75, 3.05) is 0 Å². The van der Waals surface area contributed by atoms with Crippen LogP contribution in [0, 0.1) is 0 Å². The van der Waals surface area contributed by atoms with Crippen LogP contribution in [0.1, 0.15) is 0 Å². The lowest BCUT2D eigenvalue weighted by atomic mass is 10.3. The highest BCUT2D eigenvalue weighted by molar-refractivity contribution is 7.08. The fourth-order valence-electron chi connectivity index (χ4n) is 0.754. The second-order valence-electron chi connectivity index (χ2n) is 1.96. The van der Waals surface area contributed by atoms with Crippen molar-refractivity contribution < 1.29 is 4.52 Å². The predicted octanol–water partition coefficient (Wildman–Crippen LogP) is 1.09. The van der Waals surface area contributed by atoms with Crippen LogP contribution in [0.3, 0.4) is 0 Å². The first-order valence-electron chi connectivity index (χ1n) is 2.95. The van der Waals surface area contributed by atoms with Crippen molar-refractivity contribution in [3.63, 3.8) is 0 Å². The van der Waals surface area contributed by atoms with Crippen LogP contribution in [0.25, 0.3) is 11.4 Å². The van der Waals surface area contributed by atoms with E-state index >= 15 is 0 Å². The van der Waals surface area contributed by atoms with Gasteiger partial charge in [-0.3, -0.25) is 9.51 Å². The molecule has 0 unspecified atom stereocenters. The highest BCUT2D eigenvalue weighted by atomic mass is 32.1. The molecule has 4 nitrogen and oxygen atoms in total. The van der Waals surface area contributed by atoms with Crippen LogP contribution in [0.4, 0.5) is 0 Å². The molecule has 0 radical (unpaired) electrons. The van der Waals surface area contributed by atoms with Gasteiger partial charge in [-0.15, -0.1) is 0 Å². The minimum Gasteiger partial charge on any atom is -0.296 e. The summed E-state index contributed by atoms with van der Waals surface area (Å²) >= 11 is 1.54. The molecule has 0 amide bonds. The zero-order valence-electron chi connectivity index (χ0n) is 5.40. The van der Waals surface area contributed by atoms with E-state index in [1.54, 1.807) is 0 Å². The molecule has 0 aromatic carbocycles. The van der Waals surface area contributed by atoms with Gasteiger partial charge in [-0.1, -0.05) is 5.16 Å². The van der Waals surface area contributed by atoms with E-state index in [1.807, 2.05) is 16.8 Å². The van der Waals surface area contributed by atoms with Gasteiger partial charge in [0.2, 0.25) is 0 Å². The lowest BCUT2D eigenvalue weighted by Crippen LogP contribution is -1.94.